The van der Waals surface area contributed by atoms with Gasteiger partial charge in [-0.25, -0.2) is 0 Å². The monoisotopic (exact) mass is 449 g/mol. The second kappa shape index (κ2) is 11.4. The number of benzene rings is 2. The van der Waals surface area contributed by atoms with Crippen molar-refractivity contribution in [2.45, 2.75) is 33.3 Å². The van der Waals surface area contributed by atoms with Crippen molar-refractivity contribution in [1.82, 2.24) is 16.2 Å². The summed E-state index contributed by atoms with van der Waals surface area (Å²) in [5.74, 6) is 0.355. The van der Waals surface area contributed by atoms with Crippen LogP contribution in [0.2, 0.25) is 5.02 Å². The molecule has 1 atom stereocenters. The molecule has 0 saturated heterocycles. The Labute approximate surface area is 186 Å². The molecule has 0 heterocycles. The summed E-state index contributed by atoms with van der Waals surface area (Å²) in [7, 11) is 0. The summed E-state index contributed by atoms with van der Waals surface area (Å²) in [4.78, 5) is 24.1. The van der Waals surface area contributed by atoms with Gasteiger partial charge in [0.1, 0.15) is 11.5 Å². The van der Waals surface area contributed by atoms with E-state index < -0.39 is 11.8 Å². The second-order valence-corrected chi connectivity index (χ2v) is 7.36. The number of aryl methyl sites for hydroxylation is 1. The SMILES string of the molecule is CCC(C)Oc1ccc(C(=O)NC(=S)NNC(=O)COc2ccc(Cl)cc2C)cc1. The Morgan fingerprint density at radius 3 is 2.47 bits per heavy atom. The fraction of sp³-hybridized carbons (Fsp3) is 0.286. The van der Waals surface area contributed by atoms with Gasteiger partial charge >= 0.3 is 0 Å². The number of carbonyl (C=O) groups excluding carboxylic acids is 2. The number of thiocarbonyl (C=S) groups is 1. The maximum Gasteiger partial charge on any atom is 0.276 e. The summed E-state index contributed by atoms with van der Waals surface area (Å²) in [6.45, 7) is 5.60. The Morgan fingerprint density at radius 2 is 1.83 bits per heavy atom. The van der Waals surface area contributed by atoms with Gasteiger partial charge in [-0.1, -0.05) is 18.5 Å². The molecule has 0 radical (unpaired) electrons. The maximum atomic E-state index is 12.2. The summed E-state index contributed by atoms with van der Waals surface area (Å²) in [6, 6.07) is 11.8. The lowest BCUT2D eigenvalue weighted by molar-refractivity contribution is -0.123. The fourth-order valence-electron chi connectivity index (χ4n) is 2.29. The molecular formula is C21H24ClN3O4S. The molecule has 0 aliphatic rings. The molecule has 2 amide bonds. The van der Waals surface area contributed by atoms with Crippen molar-refractivity contribution < 1.29 is 19.1 Å². The lowest BCUT2D eigenvalue weighted by Gasteiger charge is -2.13. The van der Waals surface area contributed by atoms with Crippen LogP contribution in [0, 0.1) is 6.92 Å². The van der Waals surface area contributed by atoms with Gasteiger partial charge in [-0.05, 0) is 80.5 Å². The largest absolute Gasteiger partial charge is 0.491 e. The second-order valence-electron chi connectivity index (χ2n) is 6.52. The molecule has 0 fully saturated rings. The van der Waals surface area contributed by atoms with Crippen LogP contribution in [0.15, 0.2) is 42.5 Å². The zero-order valence-corrected chi connectivity index (χ0v) is 18.5. The summed E-state index contributed by atoms with van der Waals surface area (Å²) < 4.78 is 11.1. The van der Waals surface area contributed by atoms with E-state index in [-0.39, 0.29) is 17.8 Å². The highest BCUT2D eigenvalue weighted by Gasteiger charge is 2.10. The third-order valence-corrected chi connectivity index (χ3v) is 4.51. The lowest BCUT2D eigenvalue weighted by atomic mass is 10.2. The van der Waals surface area contributed by atoms with E-state index in [2.05, 4.69) is 16.2 Å². The number of amides is 2. The van der Waals surface area contributed by atoms with E-state index in [9.17, 15) is 9.59 Å². The Kier molecular flexibility index (Phi) is 8.89. The summed E-state index contributed by atoms with van der Waals surface area (Å²) in [6.07, 6.45) is 0.982. The van der Waals surface area contributed by atoms with E-state index in [0.717, 1.165) is 12.0 Å². The van der Waals surface area contributed by atoms with Crippen LogP contribution in [0.5, 0.6) is 11.5 Å². The zero-order valence-electron chi connectivity index (χ0n) is 17.0. The van der Waals surface area contributed by atoms with Crippen LogP contribution in [-0.4, -0.2) is 29.6 Å². The van der Waals surface area contributed by atoms with Gasteiger partial charge < -0.3 is 9.47 Å². The number of hydrogen-bond acceptors (Lipinski definition) is 5. The Hall–Kier alpha value is -2.84. The predicted octanol–water partition coefficient (Wildman–Crippen LogP) is 3.54. The fourth-order valence-corrected chi connectivity index (χ4v) is 2.66. The van der Waals surface area contributed by atoms with E-state index in [4.69, 9.17) is 33.3 Å². The lowest BCUT2D eigenvalue weighted by Crippen LogP contribution is -2.49. The van der Waals surface area contributed by atoms with Crippen LogP contribution in [0.4, 0.5) is 0 Å². The zero-order chi connectivity index (χ0) is 22.1. The molecule has 160 valence electrons. The molecule has 2 aromatic carbocycles. The Bertz CT molecular complexity index is 906. The molecule has 0 aliphatic heterocycles. The molecule has 0 bridgehead atoms. The molecule has 2 aromatic rings. The number of nitrogens with one attached hydrogen (secondary N) is 3. The van der Waals surface area contributed by atoms with Crippen LogP contribution in [0.3, 0.4) is 0 Å². The first-order chi connectivity index (χ1) is 14.3. The molecule has 0 saturated carbocycles. The van der Waals surface area contributed by atoms with E-state index in [1.807, 2.05) is 20.8 Å². The van der Waals surface area contributed by atoms with Gasteiger partial charge in [-0.2, -0.15) is 0 Å². The topological polar surface area (TPSA) is 88.7 Å². The van der Waals surface area contributed by atoms with Gasteiger partial charge in [0.15, 0.2) is 11.7 Å². The van der Waals surface area contributed by atoms with Crippen LogP contribution >= 0.6 is 23.8 Å². The molecular weight excluding hydrogens is 426 g/mol. The van der Waals surface area contributed by atoms with Crippen molar-refractivity contribution in [2.24, 2.45) is 0 Å². The Morgan fingerprint density at radius 1 is 1.13 bits per heavy atom. The molecule has 0 aromatic heterocycles. The molecule has 30 heavy (non-hydrogen) atoms. The van der Waals surface area contributed by atoms with E-state index in [1.54, 1.807) is 42.5 Å². The number of hydrogen-bond donors (Lipinski definition) is 3. The van der Waals surface area contributed by atoms with E-state index in [1.165, 1.54) is 0 Å². The number of rotatable bonds is 7. The summed E-state index contributed by atoms with van der Waals surface area (Å²) >= 11 is 10.9. The van der Waals surface area contributed by atoms with Crippen molar-refractivity contribution in [3.05, 3.63) is 58.6 Å². The smallest absolute Gasteiger partial charge is 0.276 e. The highest BCUT2D eigenvalue weighted by Crippen LogP contribution is 2.21. The Balaban J connectivity index is 1.75. The molecule has 7 nitrogen and oxygen atoms in total. The molecule has 3 N–H and O–H groups in total. The van der Waals surface area contributed by atoms with Crippen LogP contribution in [-0.2, 0) is 4.79 Å². The third kappa shape index (κ3) is 7.53. The molecule has 9 heteroatoms. The number of hydrazine groups is 1. The standard InChI is InChI=1S/C21H24ClN3O4S/c1-4-14(3)29-17-8-5-15(6-9-17)20(27)23-21(30)25-24-19(26)12-28-18-10-7-16(22)11-13(18)2/h5-11,14H,4,12H2,1-3H3,(H,24,26)(H2,23,25,27,30). The van der Waals surface area contributed by atoms with Gasteiger partial charge in [0.05, 0.1) is 6.10 Å². The predicted molar refractivity (Wildman–Crippen MR) is 120 cm³/mol. The van der Waals surface area contributed by atoms with Gasteiger partial charge in [-0.3, -0.25) is 25.8 Å². The summed E-state index contributed by atoms with van der Waals surface area (Å²) in [5, 5.41) is 3.02. The first-order valence-corrected chi connectivity index (χ1v) is 10.1. The molecule has 1 unspecified atom stereocenters. The average Bonchev–Trinajstić information content (AvgIpc) is 2.72. The number of carbonyl (C=O) groups is 2. The minimum Gasteiger partial charge on any atom is -0.491 e. The quantitative estimate of drug-likeness (QED) is 0.442. The minimum absolute atomic E-state index is 0.0454. The highest BCUT2D eigenvalue weighted by atomic mass is 35.5. The number of halogens is 1. The van der Waals surface area contributed by atoms with Crippen molar-refractivity contribution in [1.29, 1.82) is 0 Å². The van der Waals surface area contributed by atoms with Crippen molar-refractivity contribution >= 4 is 40.7 Å². The van der Waals surface area contributed by atoms with Gasteiger partial charge in [-0.15, -0.1) is 0 Å². The van der Waals surface area contributed by atoms with Crippen molar-refractivity contribution in [3.63, 3.8) is 0 Å². The normalized spacial score (nSPS) is 11.2. The molecule has 0 aliphatic carbocycles. The maximum absolute atomic E-state index is 12.2. The molecule has 0 spiro atoms. The van der Waals surface area contributed by atoms with Crippen molar-refractivity contribution in [3.8, 4) is 11.5 Å². The van der Waals surface area contributed by atoms with E-state index in [0.29, 0.717) is 22.1 Å². The van der Waals surface area contributed by atoms with E-state index >= 15 is 0 Å². The summed E-state index contributed by atoms with van der Waals surface area (Å²) in [5.41, 5.74) is 6.04. The van der Waals surface area contributed by atoms with Gasteiger partial charge in [0.2, 0.25) is 0 Å². The first kappa shape index (κ1) is 23.4. The van der Waals surface area contributed by atoms with Gasteiger partial charge in [0, 0.05) is 10.6 Å². The van der Waals surface area contributed by atoms with Crippen LogP contribution in [0.25, 0.3) is 0 Å². The highest BCUT2D eigenvalue weighted by molar-refractivity contribution is 7.80. The number of ether oxygens (including phenoxy) is 2. The van der Waals surface area contributed by atoms with Gasteiger partial charge in [0.25, 0.3) is 11.8 Å². The average molecular weight is 450 g/mol. The molecule has 2 rings (SSSR count). The van der Waals surface area contributed by atoms with Crippen LogP contribution < -0.4 is 25.6 Å². The first-order valence-electron chi connectivity index (χ1n) is 9.34. The van der Waals surface area contributed by atoms with Crippen molar-refractivity contribution in [2.75, 3.05) is 6.61 Å². The third-order valence-electron chi connectivity index (χ3n) is 4.07. The minimum atomic E-state index is -0.465. The van der Waals surface area contributed by atoms with Crippen LogP contribution in [0.1, 0.15) is 36.2 Å².